The van der Waals surface area contributed by atoms with Gasteiger partial charge in [0.15, 0.2) is 24.8 Å². The van der Waals surface area contributed by atoms with Gasteiger partial charge in [-0.25, -0.2) is 0 Å². The highest BCUT2D eigenvalue weighted by molar-refractivity contribution is 9.12. The Hall–Kier alpha value is -0.740. The SMILES string of the molecule is BrCC(Br)([n+]1ccccc1)[n+]1ccccc1. The molecule has 0 aliphatic heterocycles. The average Bonchev–Trinajstić information content (AvgIpc) is 2.40. The van der Waals surface area contributed by atoms with Crippen LogP contribution in [0.5, 0.6) is 0 Å². The Kier molecular flexibility index (Phi) is 3.71. The Bertz CT molecular complexity index is 406. The van der Waals surface area contributed by atoms with Crippen molar-refractivity contribution in [2.24, 2.45) is 0 Å². The van der Waals surface area contributed by atoms with Crippen molar-refractivity contribution in [1.29, 1.82) is 0 Å². The van der Waals surface area contributed by atoms with E-state index in [9.17, 15) is 0 Å². The first-order valence-corrected chi connectivity index (χ1v) is 6.87. The van der Waals surface area contributed by atoms with E-state index in [1.165, 1.54) is 0 Å². The molecule has 0 radical (unpaired) electrons. The van der Waals surface area contributed by atoms with Crippen LogP contribution in [0.15, 0.2) is 61.2 Å². The van der Waals surface area contributed by atoms with E-state index in [0.717, 1.165) is 5.33 Å². The summed E-state index contributed by atoms with van der Waals surface area (Å²) in [6, 6.07) is 12.1. The Morgan fingerprint density at radius 1 is 0.750 bits per heavy atom. The van der Waals surface area contributed by atoms with Gasteiger partial charge in [-0.15, -0.1) is 9.13 Å². The standard InChI is InChI=1S/C12H12Br2N2/c13-11-12(14,15-7-3-1-4-8-15)16-9-5-2-6-10-16/h1-10H,11H2/q+2. The number of pyridine rings is 2. The van der Waals surface area contributed by atoms with E-state index in [1.54, 1.807) is 0 Å². The van der Waals surface area contributed by atoms with E-state index in [2.05, 4.69) is 41.0 Å². The number of hydrogen-bond acceptors (Lipinski definition) is 0. The van der Waals surface area contributed by atoms with Crippen LogP contribution >= 0.6 is 31.9 Å². The van der Waals surface area contributed by atoms with Crippen molar-refractivity contribution in [1.82, 2.24) is 0 Å². The quantitative estimate of drug-likeness (QED) is 0.596. The summed E-state index contributed by atoms with van der Waals surface area (Å²) in [5.74, 6) is 0. The summed E-state index contributed by atoms with van der Waals surface area (Å²) >= 11 is 7.34. The van der Waals surface area contributed by atoms with E-state index in [-0.39, 0.29) is 4.57 Å². The Balaban J connectivity index is 2.49. The van der Waals surface area contributed by atoms with Crippen LogP contribution in [-0.2, 0) is 4.57 Å². The minimum atomic E-state index is -0.310. The van der Waals surface area contributed by atoms with E-state index < -0.39 is 0 Å². The fourth-order valence-corrected chi connectivity index (χ4v) is 2.58. The second-order valence-corrected chi connectivity index (χ2v) is 5.25. The molecule has 0 spiro atoms. The molecule has 0 bridgehead atoms. The molecule has 0 N–H and O–H groups in total. The van der Waals surface area contributed by atoms with Gasteiger partial charge in [0.2, 0.25) is 0 Å². The molecule has 0 amide bonds. The molecule has 16 heavy (non-hydrogen) atoms. The van der Waals surface area contributed by atoms with Crippen molar-refractivity contribution in [3.63, 3.8) is 0 Å². The number of alkyl halides is 2. The monoisotopic (exact) mass is 342 g/mol. The molecular formula is C12H12Br2N2+2. The Morgan fingerprint density at radius 2 is 1.12 bits per heavy atom. The number of nitrogens with zero attached hydrogens (tertiary/aromatic N) is 2. The van der Waals surface area contributed by atoms with E-state index in [1.807, 2.05) is 61.2 Å². The van der Waals surface area contributed by atoms with Crippen LogP contribution in [0, 0.1) is 0 Å². The Labute approximate surface area is 112 Å². The second-order valence-electron chi connectivity index (χ2n) is 3.42. The summed E-state index contributed by atoms with van der Waals surface area (Å²) in [5.41, 5.74) is 0. The third kappa shape index (κ3) is 2.18. The first-order chi connectivity index (χ1) is 7.77. The lowest BCUT2D eigenvalue weighted by Crippen LogP contribution is -2.70. The second kappa shape index (κ2) is 5.06. The summed E-state index contributed by atoms with van der Waals surface area (Å²) in [7, 11) is 0. The predicted molar refractivity (Wildman–Crippen MR) is 69.4 cm³/mol. The molecular weight excluding hydrogens is 332 g/mol. The van der Waals surface area contributed by atoms with Gasteiger partial charge in [-0.3, -0.25) is 0 Å². The highest BCUT2D eigenvalue weighted by Gasteiger charge is 2.45. The maximum Gasteiger partial charge on any atom is 0.425 e. The van der Waals surface area contributed by atoms with Crippen molar-refractivity contribution in [3.8, 4) is 0 Å². The molecule has 2 nitrogen and oxygen atoms in total. The molecule has 0 aromatic carbocycles. The maximum absolute atomic E-state index is 3.78. The molecule has 0 atom stereocenters. The van der Waals surface area contributed by atoms with Crippen LogP contribution in [0.4, 0.5) is 0 Å². The van der Waals surface area contributed by atoms with Crippen LogP contribution in [0.25, 0.3) is 0 Å². The van der Waals surface area contributed by atoms with Gasteiger partial charge in [-0.1, -0.05) is 28.1 Å². The fraction of sp³-hybridized carbons (Fsp3) is 0.167. The molecule has 0 unspecified atom stereocenters. The molecule has 0 aliphatic rings. The van der Waals surface area contributed by atoms with E-state index >= 15 is 0 Å². The van der Waals surface area contributed by atoms with Crippen LogP contribution in [0.3, 0.4) is 0 Å². The number of aromatic nitrogens is 2. The van der Waals surface area contributed by atoms with Crippen LogP contribution in [0.2, 0.25) is 0 Å². The average molecular weight is 344 g/mol. The Morgan fingerprint density at radius 3 is 1.44 bits per heavy atom. The number of halogens is 2. The normalized spacial score (nSPS) is 11.4. The topological polar surface area (TPSA) is 7.76 Å². The minimum absolute atomic E-state index is 0.310. The summed E-state index contributed by atoms with van der Waals surface area (Å²) in [6.45, 7) is 0. The first kappa shape index (κ1) is 11.7. The third-order valence-corrected chi connectivity index (χ3v) is 5.03. The molecule has 2 heterocycles. The molecule has 0 fully saturated rings. The van der Waals surface area contributed by atoms with E-state index in [0.29, 0.717) is 0 Å². The summed E-state index contributed by atoms with van der Waals surface area (Å²) in [6.07, 6.45) is 8.15. The lowest BCUT2D eigenvalue weighted by Gasteiger charge is -2.13. The predicted octanol–water partition coefficient (Wildman–Crippen LogP) is 2.21. The zero-order valence-electron chi connectivity index (χ0n) is 8.63. The van der Waals surface area contributed by atoms with Gasteiger partial charge in [0.05, 0.1) is 15.9 Å². The largest absolute Gasteiger partial charge is 0.425 e. The summed E-state index contributed by atoms with van der Waals surface area (Å²) in [4.78, 5) is 0. The minimum Gasteiger partial charge on any atom is -0.131 e. The van der Waals surface area contributed by atoms with Gasteiger partial charge in [-0.05, 0) is 0 Å². The molecule has 2 aromatic rings. The molecule has 4 heteroatoms. The third-order valence-electron chi connectivity index (χ3n) is 2.39. The number of rotatable bonds is 3. The van der Waals surface area contributed by atoms with Gasteiger partial charge in [0.1, 0.15) is 5.33 Å². The van der Waals surface area contributed by atoms with Gasteiger partial charge >= 0.3 is 4.57 Å². The van der Waals surface area contributed by atoms with Crippen LogP contribution < -0.4 is 9.13 Å². The molecule has 0 saturated heterocycles. The summed E-state index contributed by atoms with van der Waals surface area (Å²) in [5, 5.41) is 0.767. The molecule has 0 aliphatic carbocycles. The molecule has 2 aromatic heterocycles. The lowest BCUT2D eigenvalue weighted by molar-refractivity contribution is -0.955. The highest BCUT2D eigenvalue weighted by atomic mass is 79.9. The van der Waals surface area contributed by atoms with Crippen molar-refractivity contribution < 1.29 is 9.13 Å². The highest BCUT2D eigenvalue weighted by Crippen LogP contribution is 2.15. The smallest absolute Gasteiger partial charge is 0.131 e. The molecule has 2 rings (SSSR count). The van der Waals surface area contributed by atoms with Crippen molar-refractivity contribution in [2.45, 2.75) is 4.57 Å². The van der Waals surface area contributed by atoms with Gasteiger partial charge in [0, 0.05) is 24.3 Å². The lowest BCUT2D eigenvalue weighted by atomic mass is 10.4. The van der Waals surface area contributed by atoms with Crippen LogP contribution in [0.1, 0.15) is 0 Å². The van der Waals surface area contributed by atoms with Gasteiger partial charge in [-0.2, -0.15) is 0 Å². The zero-order valence-corrected chi connectivity index (χ0v) is 11.8. The summed E-state index contributed by atoms with van der Waals surface area (Å²) < 4.78 is 3.92. The first-order valence-electron chi connectivity index (χ1n) is 4.96. The van der Waals surface area contributed by atoms with Crippen molar-refractivity contribution in [3.05, 3.63) is 61.2 Å². The molecule has 0 saturated carbocycles. The molecule has 82 valence electrons. The van der Waals surface area contributed by atoms with Crippen LogP contribution in [-0.4, -0.2) is 5.33 Å². The van der Waals surface area contributed by atoms with E-state index in [4.69, 9.17) is 0 Å². The number of hydrogen-bond donors (Lipinski definition) is 0. The zero-order chi connectivity index (χ0) is 11.4. The van der Waals surface area contributed by atoms with Crippen molar-refractivity contribution in [2.75, 3.05) is 5.33 Å². The van der Waals surface area contributed by atoms with Gasteiger partial charge < -0.3 is 0 Å². The van der Waals surface area contributed by atoms with Crippen molar-refractivity contribution >= 4 is 31.9 Å². The van der Waals surface area contributed by atoms with Gasteiger partial charge in [0.25, 0.3) is 0 Å². The fourth-order valence-electron chi connectivity index (χ4n) is 1.53. The maximum atomic E-state index is 3.78.